The predicted octanol–water partition coefficient (Wildman–Crippen LogP) is 3.33. The molecular formula is C43H61BN10O7. The average Bonchev–Trinajstić information content (AvgIpc) is 4.04. The maximum absolute atomic E-state index is 13.2. The van der Waals surface area contributed by atoms with Gasteiger partial charge in [-0.3, -0.25) is 9.69 Å². The molecule has 2 aromatic carbocycles. The number of nitrogens with zero attached hydrogens (tertiary/aromatic N) is 8. The Morgan fingerprint density at radius 3 is 2.16 bits per heavy atom. The van der Waals surface area contributed by atoms with E-state index in [4.69, 9.17) is 4.74 Å². The number of aryl methyl sites for hydroxylation is 2. The molecule has 7 rings (SSSR count). The van der Waals surface area contributed by atoms with Crippen LogP contribution in [0.3, 0.4) is 0 Å². The number of nitrogens with one attached hydrogen (secondary N) is 2. The van der Waals surface area contributed by atoms with Gasteiger partial charge in [0.05, 0.1) is 25.2 Å². The lowest BCUT2D eigenvalue weighted by Gasteiger charge is -2.36. The summed E-state index contributed by atoms with van der Waals surface area (Å²) in [6, 6.07) is 19.6. The fourth-order valence-corrected chi connectivity index (χ4v) is 6.97. The molecule has 0 bridgehead atoms. The number of rotatable bonds is 14. The number of hydrogen-bond donors (Lipinski definition) is 3. The van der Waals surface area contributed by atoms with Gasteiger partial charge in [-0.2, -0.15) is 0 Å². The number of esters is 1. The first-order valence-electron chi connectivity index (χ1n) is 21.0. The summed E-state index contributed by atoms with van der Waals surface area (Å²) in [5.41, 5.74) is 1.88. The molecule has 4 aromatic rings. The first-order chi connectivity index (χ1) is 29.4. The van der Waals surface area contributed by atoms with E-state index in [0.29, 0.717) is 32.7 Å². The molecule has 17 nitrogen and oxygen atoms in total. The summed E-state index contributed by atoms with van der Waals surface area (Å²) in [5.74, 6) is -0.511. The van der Waals surface area contributed by atoms with Gasteiger partial charge in [-0.05, 0) is 58.1 Å². The van der Waals surface area contributed by atoms with Gasteiger partial charge in [0.25, 0.3) is 0 Å². The van der Waals surface area contributed by atoms with Gasteiger partial charge in [0.1, 0.15) is 5.60 Å². The van der Waals surface area contributed by atoms with Gasteiger partial charge in [0.15, 0.2) is 6.04 Å². The Balaban J connectivity index is 0.000000181. The van der Waals surface area contributed by atoms with Gasteiger partial charge in [-0.25, -0.2) is 24.4 Å². The molecule has 18 heteroatoms. The lowest BCUT2D eigenvalue weighted by Crippen LogP contribution is -2.60. The molecule has 0 aliphatic carbocycles. The maximum Gasteiger partial charge on any atom is 0.418 e. The van der Waals surface area contributed by atoms with Crippen LogP contribution in [-0.2, 0) is 45.2 Å². The van der Waals surface area contributed by atoms with Crippen molar-refractivity contribution in [3.8, 4) is 0 Å². The second-order valence-corrected chi connectivity index (χ2v) is 16.2. The van der Waals surface area contributed by atoms with Crippen LogP contribution in [0.15, 0.2) is 98.1 Å². The SMILES string of the molecule is CB(O)N1CCN[C@@H](C(=O)N(CCCn2ccnc2)Cc2ccccc2)C1.CC(C)(C)OC(=O)N1CCN2C(=O)OC(=O)[C@H]2C1.c1ccc(CNCCCn2ccnc2)cc1. The molecule has 0 spiro atoms. The number of ether oxygens (including phenoxy) is 2. The Bertz CT molecular complexity index is 1910. The second kappa shape index (κ2) is 23.4. The highest BCUT2D eigenvalue weighted by Crippen LogP contribution is 2.21. The van der Waals surface area contributed by atoms with Crippen molar-refractivity contribution in [1.82, 2.24) is 49.2 Å². The van der Waals surface area contributed by atoms with Crippen LogP contribution in [0.1, 0.15) is 44.7 Å². The van der Waals surface area contributed by atoms with Crippen molar-refractivity contribution in [2.45, 2.75) is 84.3 Å². The first-order valence-corrected chi connectivity index (χ1v) is 21.0. The minimum atomic E-state index is -0.696. The van der Waals surface area contributed by atoms with E-state index in [-0.39, 0.29) is 25.0 Å². The number of fused-ring (bicyclic) bond motifs is 1. The molecule has 61 heavy (non-hydrogen) atoms. The van der Waals surface area contributed by atoms with Crippen molar-refractivity contribution in [2.24, 2.45) is 0 Å². The zero-order valence-corrected chi connectivity index (χ0v) is 35.8. The molecule has 2 atom stereocenters. The standard InChI is InChI=1S/C19H28BN5O2.C13H17N3.C11H16N2O5/c1-20(27)25-13-9-22-18(15-25)19(26)24(14-17-6-3-2-4-7-17)11-5-10-23-12-8-21-16-23;1-2-5-13(6-3-1)11-14-7-4-9-16-10-8-15-12-16;1-11(2,3)18-9(15)12-4-5-13-7(6-12)8(14)17-10(13)16/h2-4,6-8,12,16,18,22,27H,5,9-11,13-15H2,1H3;1-3,5-6,8,10,12,14H,4,7,9,11H2;7H,4-6H2,1-3H3/t18-;;7-/m1.1/s1. The van der Waals surface area contributed by atoms with E-state index in [2.05, 4.69) is 54.2 Å². The zero-order chi connectivity index (χ0) is 43.6. The molecule has 2 aromatic heterocycles. The molecule has 3 saturated heterocycles. The third kappa shape index (κ3) is 15.5. The molecule has 0 saturated carbocycles. The van der Waals surface area contributed by atoms with Crippen molar-refractivity contribution >= 4 is 31.1 Å². The highest BCUT2D eigenvalue weighted by molar-refractivity contribution is 6.45. The summed E-state index contributed by atoms with van der Waals surface area (Å²) in [4.78, 5) is 62.4. The third-order valence-corrected chi connectivity index (χ3v) is 10.2. The smallest absolute Gasteiger partial charge is 0.418 e. The van der Waals surface area contributed by atoms with Gasteiger partial charge < -0.3 is 48.9 Å². The molecule has 3 fully saturated rings. The van der Waals surface area contributed by atoms with Gasteiger partial charge in [-0.1, -0.05) is 60.7 Å². The number of benzene rings is 2. The van der Waals surface area contributed by atoms with Gasteiger partial charge in [0, 0.05) is 90.2 Å². The maximum atomic E-state index is 13.2. The van der Waals surface area contributed by atoms with Crippen LogP contribution >= 0.6 is 0 Å². The van der Waals surface area contributed by atoms with E-state index in [1.54, 1.807) is 40.1 Å². The normalized spacial score (nSPS) is 17.6. The minimum absolute atomic E-state index is 0.0924. The van der Waals surface area contributed by atoms with Crippen LogP contribution in [0.2, 0.25) is 6.82 Å². The Labute approximate surface area is 359 Å². The van der Waals surface area contributed by atoms with Crippen LogP contribution in [0.25, 0.3) is 0 Å². The van der Waals surface area contributed by atoms with Crippen molar-refractivity contribution in [3.05, 3.63) is 109 Å². The molecule has 3 amide bonds. The van der Waals surface area contributed by atoms with Crippen molar-refractivity contribution in [3.63, 3.8) is 0 Å². The fraction of sp³-hybridized carbons (Fsp3) is 0.488. The van der Waals surface area contributed by atoms with E-state index in [9.17, 15) is 24.2 Å². The summed E-state index contributed by atoms with van der Waals surface area (Å²) < 4.78 is 13.9. The molecule has 0 radical (unpaired) electrons. The van der Waals surface area contributed by atoms with E-state index >= 15 is 0 Å². The van der Waals surface area contributed by atoms with Crippen molar-refractivity contribution in [1.29, 1.82) is 0 Å². The third-order valence-electron chi connectivity index (χ3n) is 10.2. The predicted molar refractivity (Wildman–Crippen MR) is 231 cm³/mol. The second-order valence-electron chi connectivity index (χ2n) is 16.2. The van der Waals surface area contributed by atoms with Crippen molar-refractivity contribution < 1.29 is 33.7 Å². The average molecular weight is 841 g/mol. The zero-order valence-electron chi connectivity index (χ0n) is 35.8. The Morgan fingerprint density at radius 2 is 1.56 bits per heavy atom. The Hall–Kier alpha value is -5.56. The quantitative estimate of drug-likeness (QED) is 0.0732. The molecule has 0 unspecified atom stereocenters. The highest BCUT2D eigenvalue weighted by atomic mass is 16.6. The van der Waals surface area contributed by atoms with Gasteiger partial charge in [0.2, 0.25) is 5.91 Å². The summed E-state index contributed by atoms with van der Waals surface area (Å²) in [7, 11) is -0.536. The van der Waals surface area contributed by atoms with Crippen LogP contribution < -0.4 is 10.6 Å². The summed E-state index contributed by atoms with van der Waals surface area (Å²) >= 11 is 0. The van der Waals surface area contributed by atoms with Gasteiger partial charge >= 0.3 is 25.2 Å². The van der Waals surface area contributed by atoms with Crippen LogP contribution in [-0.4, -0.2) is 145 Å². The summed E-state index contributed by atoms with van der Waals surface area (Å²) in [6.45, 7) is 14.9. The van der Waals surface area contributed by atoms with Crippen LogP contribution in [0.4, 0.5) is 9.59 Å². The van der Waals surface area contributed by atoms with Crippen LogP contribution in [0.5, 0.6) is 0 Å². The van der Waals surface area contributed by atoms with E-state index in [1.807, 2.05) is 75.6 Å². The number of imidazole rings is 2. The molecular weight excluding hydrogens is 779 g/mol. The molecule has 3 aliphatic rings. The number of cyclic esters (lactones) is 2. The number of piperazine rings is 2. The van der Waals surface area contributed by atoms with E-state index in [0.717, 1.165) is 51.1 Å². The topological polar surface area (TPSA) is 180 Å². The minimum Gasteiger partial charge on any atom is -0.444 e. The van der Waals surface area contributed by atoms with Gasteiger partial charge in [-0.15, -0.1) is 0 Å². The largest absolute Gasteiger partial charge is 0.444 e. The first kappa shape index (κ1) is 46.5. The van der Waals surface area contributed by atoms with Crippen molar-refractivity contribution in [2.75, 3.05) is 52.4 Å². The molecule has 3 N–H and O–H groups in total. The summed E-state index contributed by atoms with van der Waals surface area (Å²) in [5, 5.41) is 16.6. The number of carbonyl (C=O) groups is 4. The Kier molecular flexibility index (Phi) is 17.9. The monoisotopic (exact) mass is 840 g/mol. The van der Waals surface area contributed by atoms with Crippen LogP contribution in [0, 0.1) is 0 Å². The Morgan fingerprint density at radius 1 is 0.918 bits per heavy atom. The summed E-state index contributed by atoms with van der Waals surface area (Å²) in [6.07, 6.45) is 12.1. The molecule has 5 heterocycles. The lowest BCUT2D eigenvalue weighted by molar-refractivity contribution is -0.137. The number of aromatic nitrogens is 4. The van der Waals surface area contributed by atoms with E-state index in [1.165, 1.54) is 15.4 Å². The molecule has 3 aliphatic heterocycles. The van der Waals surface area contributed by atoms with E-state index < -0.39 is 36.8 Å². The highest BCUT2D eigenvalue weighted by Gasteiger charge is 2.46. The number of carbonyl (C=O) groups excluding carboxylic acids is 4. The lowest BCUT2D eigenvalue weighted by atomic mass is 9.83. The number of hydrogen-bond acceptors (Lipinski definition) is 12. The molecule has 328 valence electrons. The number of amides is 3. The fourth-order valence-electron chi connectivity index (χ4n) is 6.97.